The summed E-state index contributed by atoms with van der Waals surface area (Å²) in [6.45, 7) is -0.0467. The predicted octanol–water partition coefficient (Wildman–Crippen LogP) is 4.09. The van der Waals surface area contributed by atoms with Crippen LogP contribution in [-0.4, -0.2) is 22.7 Å². The molecule has 1 N–H and O–H groups in total. The molecule has 0 aliphatic carbocycles. The summed E-state index contributed by atoms with van der Waals surface area (Å²) in [5, 5.41) is 2.20. The normalized spacial score (nSPS) is 15.7. The second kappa shape index (κ2) is 8.20. The Balaban J connectivity index is 1.53. The number of hydrogen-bond acceptors (Lipinski definition) is 5. The number of amides is 4. The van der Waals surface area contributed by atoms with Crippen LogP contribution in [0.15, 0.2) is 92.8 Å². The van der Waals surface area contributed by atoms with Crippen molar-refractivity contribution in [3.05, 3.63) is 89.9 Å². The number of carbonyl (C=O) groups excluding carboxylic acids is 3. The molecule has 1 saturated heterocycles. The summed E-state index contributed by atoms with van der Waals surface area (Å²) in [4.78, 5) is 40.1. The summed E-state index contributed by atoms with van der Waals surface area (Å²) in [7, 11) is 0. The SMILES string of the molecule is O=C1NC(=O)N(Cc2ccco2)C(=O)/C1=C/c1ccc(Sc2ccccc2)cc1. The fraction of sp³-hybridized carbons (Fsp3) is 0.0455. The van der Waals surface area contributed by atoms with Gasteiger partial charge in [0.15, 0.2) is 0 Å². The summed E-state index contributed by atoms with van der Waals surface area (Å²) >= 11 is 1.62. The van der Waals surface area contributed by atoms with Gasteiger partial charge in [-0.05, 0) is 48.0 Å². The largest absolute Gasteiger partial charge is 0.467 e. The van der Waals surface area contributed by atoms with Crippen molar-refractivity contribution in [2.24, 2.45) is 0 Å². The van der Waals surface area contributed by atoms with Crippen molar-refractivity contribution < 1.29 is 18.8 Å². The smallest absolute Gasteiger partial charge is 0.331 e. The fourth-order valence-corrected chi connectivity index (χ4v) is 3.66. The van der Waals surface area contributed by atoms with E-state index in [4.69, 9.17) is 4.42 Å². The van der Waals surface area contributed by atoms with Crippen LogP contribution < -0.4 is 5.32 Å². The lowest BCUT2D eigenvalue weighted by molar-refractivity contribution is -0.130. The highest BCUT2D eigenvalue weighted by molar-refractivity contribution is 7.99. The average Bonchev–Trinajstić information content (AvgIpc) is 3.24. The highest BCUT2D eigenvalue weighted by Crippen LogP contribution is 2.28. The standard InChI is InChI=1S/C22H16N2O4S/c25-20-19(21(26)24(22(27)23-20)14-16-5-4-12-28-16)13-15-8-10-18(11-9-15)29-17-6-2-1-3-7-17/h1-13H,14H2,(H,23,25,27)/b19-13+. The molecule has 0 atom stereocenters. The van der Waals surface area contributed by atoms with Gasteiger partial charge in [-0.3, -0.25) is 19.8 Å². The van der Waals surface area contributed by atoms with E-state index in [2.05, 4.69) is 5.32 Å². The lowest BCUT2D eigenvalue weighted by Gasteiger charge is -2.25. The maximum Gasteiger partial charge on any atom is 0.331 e. The molecule has 6 nitrogen and oxygen atoms in total. The molecular weight excluding hydrogens is 388 g/mol. The minimum absolute atomic E-state index is 0.0467. The van der Waals surface area contributed by atoms with Gasteiger partial charge in [0.05, 0.1) is 12.8 Å². The molecule has 4 rings (SSSR count). The van der Waals surface area contributed by atoms with Crippen LogP contribution in [0.4, 0.5) is 4.79 Å². The third-order valence-corrected chi connectivity index (χ3v) is 5.27. The molecule has 1 aromatic heterocycles. The quantitative estimate of drug-likeness (QED) is 0.512. The van der Waals surface area contributed by atoms with Gasteiger partial charge in [0.25, 0.3) is 11.8 Å². The van der Waals surface area contributed by atoms with E-state index in [9.17, 15) is 14.4 Å². The van der Waals surface area contributed by atoms with Crippen LogP contribution in [0.5, 0.6) is 0 Å². The number of rotatable bonds is 5. The molecule has 2 aromatic carbocycles. The maximum atomic E-state index is 12.7. The van der Waals surface area contributed by atoms with Crippen LogP contribution >= 0.6 is 11.8 Å². The first-order valence-electron chi connectivity index (χ1n) is 8.84. The van der Waals surface area contributed by atoms with Gasteiger partial charge >= 0.3 is 6.03 Å². The van der Waals surface area contributed by atoms with E-state index in [0.29, 0.717) is 11.3 Å². The van der Waals surface area contributed by atoms with Crippen LogP contribution in [0.2, 0.25) is 0 Å². The number of furan rings is 1. The van der Waals surface area contributed by atoms with Gasteiger partial charge in [-0.2, -0.15) is 0 Å². The van der Waals surface area contributed by atoms with Gasteiger partial charge in [0, 0.05) is 9.79 Å². The van der Waals surface area contributed by atoms with Crippen molar-refractivity contribution in [3.63, 3.8) is 0 Å². The van der Waals surface area contributed by atoms with Crippen molar-refractivity contribution in [1.82, 2.24) is 10.2 Å². The Bertz CT molecular complexity index is 1070. The first-order chi connectivity index (χ1) is 14.1. The molecule has 2 heterocycles. The van der Waals surface area contributed by atoms with E-state index in [-0.39, 0.29) is 12.1 Å². The number of carbonyl (C=O) groups is 3. The molecule has 0 saturated carbocycles. The molecule has 1 aliphatic rings. The molecular formula is C22H16N2O4S. The molecule has 4 amide bonds. The number of nitrogens with one attached hydrogen (secondary N) is 1. The molecule has 144 valence electrons. The second-order valence-corrected chi connectivity index (χ2v) is 7.42. The molecule has 0 spiro atoms. The molecule has 0 unspecified atom stereocenters. The lowest BCUT2D eigenvalue weighted by Crippen LogP contribution is -2.53. The number of urea groups is 1. The Morgan fingerprint density at radius 2 is 1.62 bits per heavy atom. The Morgan fingerprint density at radius 3 is 2.31 bits per heavy atom. The van der Waals surface area contributed by atoms with Crippen molar-refractivity contribution >= 4 is 35.7 Å². The van der Waals surface area contributed by atoms with Crippen LogP contribution in [0, 0.1) is 0 Å². The molecule has 1 aliphatic heterocycles. The number of nitrogens with zero attached hydrogens (tertiary/aromatic N) is 1. The summed E-state index contributed by atoms with van der Waals surface area (Å²) in [6, 6.07) is 20.0. The number of imide groups is 2. The van der Waals surface area contributed by atoms with Gasteiger partial charge in [0.2, 0.25) is 0 Å². The average molecular weight is 404 g/mol. The third-order valence-electron chi connectivity index (χ3n) is 4.25. The van der Waals surface area contributed by atoms with Crippen molar-refractivity contribution in [2.75, 3.05) is 0 Å². The monoisotopic (exact) mass is 404 g/mol. The molecule has 29 heavy (non-hydrogen) atoms. The first-order valence-corrected chi connectivity index (χ1v) is 9.66. The highest BCUT2D eigenvalue weighted by Gasteiger charge is 2.36. The topological polar surface area (TPSA) is 79.6 Å². The fourth-order valence-electron chi connectivity index (χ4n) is 2.82. The van der Waals surface area contributed by atoms with Crippen LogP contribution in [-0.2, 0) is 16.1 Å². The zero-order valence-electron chi connectivity index (χ0n) is 15.2. The van der Waals surface area contributed by atoms with Crippen molar-refractivity contribution in [2.45, 2.75) is 16.3 Å². The Kier molecular flexibility index (Phi) is 5.31. The summed E-state index contributed by atoms with van der Waals surface area (Å²) in [5.74, 6) is -0.916. The van der Waals surface area contributed by atoms with Gasteiger partial charge < -0.3 is 4.42 Å². The Hall–Kier alpha value is -3.58. The molecule has 1 fully saturated rings. The van der Waals surface area contributed by atoms with Crippen molar-refractivity contribution in [1.29, 1.82) is 0 Å². The lowest BCUT2D eigenvalue weighted by atomic mass is 10.1. The minimum atomic E-state index is -0.761. The minimum Gasteiger partial charge on any atom is -0.467 e. The second-order valence-electron chi connectivity index (χ2n) is 6.27. The van der Waals surface area contributed by atoms with Gasteiger partial charge in [0.1, 0.15) is 11.3 Å². The van der Waals surface area contributed by atoms with Gasteiger partial charge in [-0.1, -0.05) is 42.1 Å². The van der Waals surface area contributed by atoms with E-state index in [1.165, 1.54) is 12.3 Å². The zero-order valence-corrected chi connectivity index (χ0v) is 16.0. The number of hydrogen-bond donors (Lipinski definition) is 1. The van der Waals surface area contributed by atoms with E-state index in [1.54, 1.807) is 23.9 Å². The molecule has 3 aromatic rings. The van der Waals surface area contributed by atoms with E-state index in [0.717, 1.165) is 14.7 Å². The van der Waals surface area contributed by atoms with Crippen molar-refractivity contribution in [3.8, 4) is 0 Å². The maximum absolute atomic E-state index is 12.7. The van der Waals surface area contributed by atoms with E-state index < -0.39 is 17.8 Å². The number of barbiturate groups is 1. The zero-order chi connectivity index (χ0) is 20.2. The Labute approximate surface area is 171 Å². The van der Waals surface area contributed by atoms with Crippen LogP contribution in [0.1, 0.15) is 11.3 Å². The number of benzene rings is 2. The van der Waals surface area contributed by atoms with E-state index >= 15 is 0 Å². The first kappa shape index (κ1) is 18.8. The van der Waals surface area contributed by atoms with E-state index in [1.807, 2.05) is 54.6 Å². The molecule has 7 heteroatoms. The molecule has 0 bridgehead atoms. The highest BCUT2D eigenvalue weighted by atomic mass is 32.2. The summed E-state index contributed by atoms with van der Waals surface area (Å²) < 4.78 is 5.19. The van der Waals surface area contributed by atoms with Crippen LogP contribution in [0.3, 0.4) is 0 Å². The van der Waals surface area contributed by atoms with Crippen LogP contribution in [0.25, 0.3) is 6.08 Å². The third kappa shape index (κ3) is 4.30. The van der Waals surface area contributed by atoms with Gasteiger partial charge in [-0.15, -0.1) is 0 Å². The molecule has 0 radical (unpaired) electrons. The summed E-state index contributed by atoms with van der Waals surface area (Å²) in [6.07, 6.45) is 2.94. The Morgan fingerprint density at radius 1 is 0.897 bits per heavy atom. The predicted molar refractivity (Wildman–Crippen MR) is 108 cm³/mol. The van der Waals surface area contributed by atoms with Gasteiger partial charge in [-0.25, -0.2) is 4.79 Å². The summed E-state index contributed by atoms with van der Waals surface area (Å²) in [5.41, 5.74) is 0.591.